The van der Waals surface area contributed by atoms with E-state index in [9.17, 15) is 9.18 Å². The van der Waals surface area contributed by atoms with E-state index in [1.807, 2.05) is 6.07 Å². The zero-order chi connectivity index (χ0) is 19.6. The van der Waals surface area contributed by atoms with Crippen LogP contribution in [-0.2, 0) is 4.74 Å². The molecule has 0 radical (unpaired) electrons. The molecule has 0 bridgehead atoms. The molecule has 1 N–H and O–H groups in total. The van der Waals surface area contributed by atoms with Crippen LogP contribution < -0.4 is 5.32 Å². The number of nitrogens with zero attached hydrogens (tertiary/aromatic N) is 1. The van der Waals surface area contributed by atoms with Crippen LogP contribution in [-0.4, -0.2) is 11.2 Å². The Balaban J connectivity index is 1.79. The molecule has 140 valence electrons. The number of halogens is 3. The first-order valence-electron chi connectivity index (χ1n) is 8.00. The van der Waals surface area contributed by atoms with Gasteiger partial charge in [0.1, 0.15) is 23.3 Å². The third-order valence-corrected chi connectivity index (χ3v) is 4.89. The van der Waals surface area contributed by atoms with Crippen LogP contribution in [0.1, 0.15) is 24.3 Å². The van der Waals surface area contributed by atoms with Gasteiger partial charge in [0.15, 0.2) is 5.76 Å². The van der Waals surface area contributed by atoms with E-state index in [-0.39, 0.29) is 5.76 Å². The molecular formula is C19H15BrClFN2O3. The van der Waals surface area contributed by atoms with Crippen molar-refractivity contribution in [3.05, 3.63) is 69.0 Å². The number of rotatable bonds is 4. The molecule has 0 aliphatic heterocycles. The van der Waals surface area contributed by atoms with Crippen molar-refractivity contribution in [3.63, 3.8) is 0 Å². The Kier molecular flexibility index (Phi) is 5.82. The van der Waals surface area contributed by atoms with Crippen LogP contribution in [0.5, 0.6) is 0 Å². The number of benzene rings is 2. The summed E-state index contributed by atoms with van der Waals surface area (Å²) in [4.78, 5) is 12.3. The summed E-state index contributed by atoms with van der Waals surface area (Å²) in [7, 11) is 0. The lowest BCUT2D eigenvalue weighted by Gasteiger charge is -2.15. The first kappa shape index (κ1) is 19.4. The van der Waals surface area contributed by atoms with Crippen molar-refractivity contribution in [2.75, 3.05) is 5.32 Å². The Morgan fingerprint density at radius 2 is 2.07 bits per heavy atom. The quantitative estimate of drug-likeness (QED) is 0.489. The summed E-state index contributed by atoms with van der Waals surface area (Å²) < 4.78 is 24.8. The van der Waals surface area contributed by atoms with Crippen molar-refractivity contribution in [3.8, 4) is 11.3 Å². The normalized spacial score (nSPS) is 11.9. The second kappa shape index (κ2) is 8.10. The Morgan fingerprint density at radius 3 is 2.78 bits per heavy atom. The smallest absolute Gasteiger partial charge is 0.412 e. The van der Waals surface area contributed by atoms with E-state index in [4.69, 9.17) is 20.9 Å². The molecule has 1 atom stereocenters. The van der Waals surface area contributed by atoms with E-state index >= 15 is 0 Å². The van der Waals surface area contributed by atoms with Crippen molar-refractivity contribution >= 4 is 39.3 Å². The minimum atomic E-state index is -0.701. The van der Waals surface area contributed by atoms with E-state index in [0.29, 0.717) is 32.0 Å². The molecular weight excluding hydrogens is 439 g/mol. The molecule has 0 saturated heterocycles. The van der Waals surface area contributed by atoms with Gasteiger partial charge in [0, 0.05) is 16.1 Å². The van der Waals surface area contributed by atoms with Gasteiger partial charge in [-0.3, -0.25) is 5.32 Å². The molecule has 0 fully saturated rings. The lowest BCUT2D eigenvalue weighted by atomic mass is 10.1. The van der Waals surface area contributed by atoms with Crippen molar-refractivity contribution in [1.29, 1.82) is 0 Å². The van der Waals surface area contributed by atoms with Gasteiger partial charge in [-0.05, 0) is 54.0 Å². The average molecular weight is 454 g/mol. The van der Waals surface area contributed by atoms with Gasteiger partial charge in [-0.25, -0.2) is 9.18 Å². The van der Waals surface area contributed by atoms with Crippen molar-refractivity contribution in [2.24, 2.45) is 0 Å². The monoisotopic (exact) mass is 452 g/mol. The molecule has 0 spiro atoms. The Bertz CT molecular complexity index is 993. The number of hydrogen-bond acceptors (Lipinski definition) is 4. The first-order valence-corrected chi connectivity index (χ1v) is 9.17. The minimum Gasteiger partial charge on any atom is -0.441 e. The van der Waals surface area contributed by atoms with E-state index < -0.39 is 18.0 Å². The molecule has 3 aromatic rings. The summed E-state index contributed by atoms with van der Waals surface area (Å²) in [6, 6.07) is 11.6. The lowest BCUT2D eigenvalue weighted by molar-refractivity contribution is 0.121. The number of nitrogens with one attached hydrogen (secondary N) is 1. The van der Waals surface area contributed by atoms with Crippen LogP contribution in [0.15, 0.2) is 51.5 Å². The van der Waals surface area contributed by atoms with Crippen molar-refractivity contribution in [1.82, 2.24) is 5.16 Å². The second-order valence-electron chi connectivity index (χ2n) is 5.80. The SMILES string of the molecule is Cc1noc(-c2ccc(Br)c(F)c2)c1NC(=O)O[C@H](C)c1ccccc1Cl. The minimum absolute atomic E-state index is 0.237. The molecule has 1 aromatic heterocycles. The van der Waals surface area contributed by atoms with Crippen molar-refractivity contribution in [2.45, 2.75) is 20.0 Å². The Labute approximate surface area is 168 Å². The zero-order valence-electron chi connectivity index (χ0n) is 14.4. The number of amides is 1. The van der Waals surface area contributed by atoms with Gasteiger partial charge in [0.05, 0.1) is 4.47 Å². The molecule has 27 heavy (non-hydrogen) atoms. The summed E-state index contributed by atoms with van der Waals surface area (Å²) in [5.41, 5.74) is 1.88. The van der Waals surface area contributed by atoms with Crippen LogP contribution in [0.3, 0.4) is 0 Å². The molecule has 8 heteroatoms. The number of carbonyl (C=O) groups excluding carboxylic acids is 1. The average Bonchev–Trinajstić information content (AvgIpc) is 2.98. The van der Waals surface area contributed by atoms with E-state index in [1.165, 1.54) is 6.07 Å². The highest BCUT2D eigenvalue weighted by atomic mass is 79.9. The van der Waals surface area contributed by atoms with Gasteiger partial charge in [0.2, 0.25) is 0 Å². The summed E-state index contributed by atoms with van der Waals surface area (Å²) in [6.45, 7) is 3.38. The van der Waals surface area contributed by atoms with Gasteiger partial charge in [-0.15, -0.1) is 0 Å². The predicted molar refractivity (Wildman–Crippen MR) is 104 cm³/mol. The standard InChI is InChI=1S/C19H15BrClFN2O3/c1-10-17(18(27-24-10)12-7-8-14(20)16(22)9-12)23-19(25)26-11(2)13-5-3-4-6-15(13)21/h3-9,11H,1-2H3,(H,23,25)/t11-/m1/s1. The van der Waals surface area contributed by atoms with Gasteiger partial charge in [0.25, 0.3) is 0 Å². The fourth-order valence-corrected chi connectivity index (χ4v) is 3.05. The summed E-state index contributed by atoms with van der Waals surface area (Å²) >= 11 is 9.23. The van der Waals surface area contributed by atoms with E-state index in [2.05, 4.69) is 26.4 Å². The topological polar surface area (TPSA) is 64.4 Å². The fraction of sp³-hybridized carbons (Fsp3) is 0.158. The van der Waals surface area contributed by atoms with Crippen molar-refractivity contribution < 1.29 is 18.4 Å². The second-order valence-corrected chi connectivity index (χ2v) is 7.06. The van der Waals surface area contributed by atoms with E-state index in [0.717, 1.165) is 0 Å². The maximum atomic E-state index is 13.8. The highest BCUT2D eigenvalue weighted by Crippen LogP contribution is 2.33. The number of anilines is 1. The van der Waals surface area contributed by atoms with Gasteiger partial charge in [-0.2, -0.15) is 0 Å². The third kappa shape index (κ3) is 4.31. The number of ether oxygens (including phenoxy) is 1. The molecule has 0 saturated carbocycles. The molecule has 5 nitrogen and oxygen atoms in total. The maximum Gasteiger partial charge on any atom is 0.412 e. The summed E-state index contributed by atoms with van der Waals surface area (Å²) in [5.74, 6) is -0.219. The Hall–Kier alpha value is -2.38. The third-order valence-electron chi connectivity index (χ3n) is 3.90. The summed E-state index contributed by atoms with van der Waals surface area (Å²) in [5, 5.41) is 6.97. The number of aryl methyl sites for hydroxylation is 1. The molecule has 1 heterocycles. The molecule has 0 aliphatic carbocycles. The fourth-order valence-electron chi connectivity index (χ4n) is 2.51. The van der Waals surface area contributed by atoms with Crippen LogP contribution in [0.4, 0.5) is 14.9 Å². The van der Waals surface area contributed by atoms with Crippen LogP contribution in [0.25, 0.3) is 11.3 Å². The van der Waals surface area contributed by atoms with Crippen LogP contribution in [0.2, 0.25) is 5.02 Å². The van der Waals surface area contributed by atoms with Crippen LogP contribution >= 0.6 is 27.5 Å². The molecule has 0 aliphatic rings. The number of carbonyl (C=O) groups is 1. The molecule has 0 unspecified atom stereocenters. The van der Waals surface area contributed by atoms with Gasteiger partial charge >= 0.3 is 6.09 Å². The molecule has 1 amide bonds. The highest BCUT2D eigenvalue weighted by Gasteiger charge is 2.21. The Morgan fingerprint density at radius 1 is 1.33 bits per heavy atom. The maximum absolute atomic E-state index is 13.8. The van der Waals surface area contributed by atoms with Gasteiger partial charge in [-0.1, -0.05) is 35.0 Å². The first-order chi connectivity index (χ1) is 12.9. The van der Waals surface area contributed by atoms with Crippen LogP contribution in [0, 0.1) is 12.7 Å². The number of hydrogen-bond donors (Lipinski definition) is 1. The van der Waals surface area contributed by atoms with E-state index in [1.54, 1.807) is 44.2 Å². The highest BCUT2D eigenvalue weighted by molar-refractivity contribution is 9.10. The van der Waals surface area contributed by atoms with Gasteiger partial charge < -0.3 is 9.26 Å². The lowest BCUT2D eigenvalue weighted by Crippen LogP contribution is -2.17. The molecule has 3 rings (SSSR count). The molecule has 2 aromatic carbocycles. The zero-order valence-corrected chi connectivity index (χ0v) is 16.8. The largest absolute Gasteiger partial charge is 0.441 e. The predicted octanol–water partition coefficient (Wildman–Crippen LogP) is 6.51. The number of aromatic nitrogens is 1. The summed E-state index contributed by atoms with van der Waals surface area (Å²) in [6.07, 6.45) is -1.26.